The van der Waals surface area contributed by atoms with Crippen molar-refractivity contribution in [2.75, 3.05) is 5.75 Å². The van der Waals surface area contributed by atoms with E-state index in [-0.39, 0.29) is 6.04 Å². The van der Waals surface area contributed by atoms with Crippen LogP contribution < -0.4 is 5.73 Å². The van der Waals surface area contributed by atoms with Gasteiger partial charge in [0.2, 0.25) is 0 Å². The molecule has 90 valence electrons. The first-order valence-electron chi connectivity index (χ1n) is 6.15. The molecule has 0 aliphatic rings. The van der Waals surface area contributed by atoms with Gasteiger partial charge >= 0.3 is 0 Å². The molecule has 1 rings (SSSR count). The molecule has 2 N–H and O–H groups in total. The van der Waals surface area contributed by atoms with E-state index in [4.69, 9.17) is 5.73 Å². The zero-order valence-electron chi connectivity index (χ0n) is 10.6. The highest BCUT2D eigenvalue weighted by Gasteiger charge is 2.04. The van der Waals surface area contributed by atoms with E-state index in [1.807, 2.05) is 11.8 Å². The largest absolute Gasteiger partial charge is 0.324 e. The first kappa shape index (κ1) is 13.6. The van der Waals surface area contributed by atoms with Crippen LogP contribution in [-0.4, -0.2) is 5.75 Å². The van der Waals surface area contributed by atoms with Gasteiger partial charge in [-0.15, -0.1) is 11.8 Å². The highest BCUT2D eigenvalue weighted by Crippen LogP contribution is 2.24. The molecule has 0 radical (unpaired) electrons. The predicted octanol–water partition coefficient (Wildman–Crippen LogP) is 4.23. The number of hydrogen-bond acceptors (Lipinski definition) is 2. The summed E-state index contributed by atoms with van der Waals surface area (Å²) < 4.78 is 0. The first-order valence-corrected chi connectivity index (χ1v) is 7.14. The Morgan fingerprint density at radius 3 is 2.25 bits per heavy atom. The van der Waals surface area contributed by atoms with Gasteiger partial charge in [-0.1, -0.05) is 39.3 Å². The van der Waals surface area contributed by atoms with Crippen LogP contribution in [-0.2, 0) is 0 Å². The van der Waals surface area contributed by atoms with Crippen molar-refractivity contribution in [2.45, 2.75) is 44.6 Å². The van der Waals surface area contributed by atoms with Crippen molar-refractivity contribution in [3.63, 3.8) is 0 Å². The fraction of sp³-hybridized carbons (Fsp3) is 0.571. The van der Waals surface area contributed by atoms with Gasteiger partial charge in [-0.25, -0.2) is 0 Å². The van der Waals surface area contributed by atoms with Crippen molar-refractivity contribution in [1.82, 2.24) is 0 Å². The van der Waals surface area contributed by atoms with Gasteiger partial charge in [-0.05, 0) is 30.0 Å². The third-order valence-electron chi connectivity index (χ3n) is 2.98. The number of hydrogen-bond donors (Lipinski definition) is 1. The Morgan fingerprint density at radius 2 is 1.75 bits per heavy atom. The molecule has 0 amide bonds. The number of nitrogens with two attached hydrogens (primary N) is 1. The van der Waals surface area contributed by atoms with Gasteiger partial charge in [0, 0.05) is 16.7 Å². The van der Waals surface area contributed by atoms with Crippen LogP contribution >= 0.6 is 11.8 Å². The van der Waals surface area contributed by atoms with Crippen molar-refractivity contribution in [3.05, 3.63) is 29.8 Å². The topological polar surface area (TPSA) is 26.0 Å². The lowest BCUT2D eigenvalue weighted by molar-refractivity contribution is 0.637. The third-order valence-corrected chi connectivity index (χ3v) is 4.32. The van der Waals surface area contributed by atoms with Gasteiger partial charge < -0.3 is 5.73 Å². The summed E-state index contributed by atoms with van der Waals surface area (Å²) in [6.07, 6.45) is 2.26. The fourth-order valence-electron chi connectivity index (χ4n) is 1.40. The van der Waals surface area contributed by atoms with Gasteiger partial charge in [0.05, 0.1) is 0 Å². The predicted molar refractivity (Wildman–Crippen MR) is 73.8 cm³/mol. The summed E-state index contributed by atoms with van der Waals surface area (Å²) in [6, 6.07) is 8.89. The van der Waals surface area contributed by atoms with Crippen molar-refractivity contribution < 1.29 is 0 Å². The Labute approximate surface area is 104 Å². The van der Waals surface area contributed by atoms with E-state index in [0.29, 0.717) is 0 Å². The molecule has 2 heteroatoms. The summed E-state index contributed by atoms with van der Waals surface area (Å²) >= 11 is 1.94. The van der Waals surface area contributed by atoms with Gasteiger partial charge in [0.25, 0.3) is 0 Å². The molecule has 0 spiro atoms. The Bertz CT molecular complexity index is 294. The average molecular weight is 237 g/mol. The fourth-order valence-corrected chi connectivity index (χ4v) is 2.44. The van der Waals surface area contributed by atoms with Crippen LogP contribution in [0.1, 0.15) is 45.2 Å². The lowest BCUT2D eigenvalue weighted by atomic mass is 10.1. The van der Waals surface area contributed by atoms with Crippen molar-refractivity contribution >= 4 is 11.8 Å². The van der Waals surface area contributed by atoms with Crippen LogP contribution in [0, 0.1) is 5.92 Å². The highest BCUT2D eigenvalue weighted by molar-refractivity contribution is 7.99. The van der Waals surface area contributed by atoms with E-state index in [2.05, 4.69) is 45.0 Å². The number of thioether (sulfide) groups is 1. The summed E-state index contributed by atoms with van der Waals surface area (Å²) in [7, 11) is 0. The maximum Gasteiger partial charge on any atom is 0.0292 e. The monoisotopic (exact) mass is 237 g/mol. The smallest absolute Gasteiger partial charge is 0.0292 e. The molecule has 1 aromatic carbocycles. The van der Waals surface area contributed by atoms with E-state index < -0.39 is 0 Å². The average Bonchev–Trinajstić information content (AvgIpc) is 2.35. The molecule has 0 aromatic heterocycles. The molecule has 0 aliphatic carbocycles. The molecule has 0 saturated carbocycles. The maximum atomic E-state index is 5.98. The minimum Gasteiger partial charge on any atom is -0.324 e. The highest BCUT2D eigenvalue weighted by atomic mass is 32.2. The molecule has 1 unspecified atom stereocenters. The van der Waals surface area contributed by atoms with Crippen molar-refractivity contribution in [2.24, 2.45) is 11.7 Å². The summed E-state index contributed by atoms with van der Waals surface area (Å²) in [5.74, 6) is 2.00. The summed E-state index contributed by atoms with van der Waals surface area (Å²) in [6.45, 7) is 6.67. The van der Waals surface area contributed by atoms with Gasteiger partial charge in [-0.2, -0.15) is 0 Å². The minimum absolute atomic E-state index is 0.189. The third kappa shape index (κ3) is 4.18. The van der Waals surface area contributed by atoms with Gasteiger partial charge in [-0.3, -0.25) is 0 Å². The summed E-state index contributed by atoms with van der Waals surface area (Å²) in [4.78, 5) is 1.35. The second kappa shape index (κ2) is 6.97. The van der Waals surface area contributed by atoms with E-state index in [1.165, 1.54) is 22.6 Å². The Balaban J connectivity index is 2.51. The van der Waals surface area contributed by atoms with Gasteiger partial charge in [0.1, 0.15) is 0 Å². The lowest BCUT2D eigenvalue weighted by Crippen LogP contribution is -2.08. The molecule has 0 aliphatic heterocycles. The molecule has 0 fully saturated rings. The van der Waals surface area contributed by atoms with Gasteiger partial charge in [0.15, 0.2) is 0 Å². The van der Waals surface area contributed by atoms with Crippen molar-refractivity contribution in [3.8, 4) is 0 Å². The number of benzene rings is 1. The maximum absolute atomic E-state index is 5.98. The zero-order chi connectivity index (χ0) is 12.0. The van der Waals surface area contributed by atoms with E-state index >= 15 is 0 Å². The standard InChI is InChI=1S/C14H23NS/c1-4-11(3)10-16-13-8-6-12(7-9-13)14(15)5-2/h6-9,11,14H,4-5,10,15H2,1-3H3/t11?,14-/m1/s1. The summed E-state index contributed by atoms with van der Waals surface area (Å²) in [5.41, 5.74) is 7.23. The van der Waals surface area contributed by atoms with Crippen LogP contribution in [0.15, 0.2) is 29.2 Å². The second-order valence-electron chi connectivity index (χ2n) is 4.41. The van der Waals surface area contributed by atoms with E-state index in [1.54, 1.807) is 0 Å². The second-order valence-corrected chi connectivity index (χ2v) is 5.50. The minimum atomic E-state index is 0.189. The quantitative estimate of drug-likeness (QED) is 0.749. The summed E-state index contributed by atoms with van der Waals surface area (Å²) in [5, 5.41) is 0. The van der Waals surface area contributed by atoms with Crippen LogP contribution in [0.3, 0.4) is 0 Å². The van der Waals surface area contributed by atoms with Crippen molar-refractivity contribution in [1.29, 1.82) is 0 Å². The Kier molecular flexibility index (Phi) is 5.93. The molecular formula is C14H23NS. The SMILES string of the molecule is CCC(C)CSc1ccc([C@H](N)CC)cc1. The molecule has 0 heterocycles. The molecule has 2 atom stereocenters. The molecule has 0 bridgehead atoms. The van der Waals surface area contributed by atoms with Crippen LogP contribution in [0.25, 0.3) is 0 Å². The molecule has 1 aromatic rings. The molecule has 0 saturated heterocycles. The molecular weight excluding hydrogens is 214 g/mol. The van der Waals surface area contributed by atoms with Crippen LogP contribution in [0.5, 0.6) is 0 Å². The number of rotatable bonds is 6. The van der Waals surface area contributed by atoms with E-state index in [0.717, 1.165) is 12.3 Å². The Hall–Kier alpha value is -0.470. The molecule has 16 heavy (non-hydrogen) atoms. The van der Waals surface area contributed by atoms with Crippen LogP contribution in [0.4, 0.5) is 0 Å². The molecule has 1 nitrogen and oxygen atoms in total. The van der Waals surface area contributed by atoms with Crippen LogP contribution in [0.2, 0.25) is 0 Å². The normalized spacial score (nSPS) is 14.8. The van der Waals surface area contributed by atoms with E-state index in [9.17, 15) is 0 Å². The zero-order valence-corrected chi connectivity index (χ0v) is 11.4. The lowest BCUT2D eigenvalue weighted by Gasteiger charge is -2.11. The first-order chi connectivity index (χ1) is 7.67. The Morgan fingerprint density at radius 1 is 1.12 bits per heavy atom.